The van der Waals surface area contributed by atoms with Crippen molar-refractivity contribution in [2.75, 3.05) is 0 Å². The van der Waals surface area contributed by atoms with Crippen molar-refractivity contribution in [3.63, 3.8) is 0 Å². The van der Waals surface area contributed by atoms with Crippen LogP contribution >= 0.6 is 11.3 Å². The van der Waals surface area contributed by atoms with Crippen molar-refractivity contribution in [3.05, 3.63) is 76.1 Å². The number of aromatic nitrogens is 4. The van der Waals surface area contributed by atoms with Crippen molar-refractivity contribution < 1.29 is 9.72 Å². The van der Waals surface area contributed by atoms with Gasteiger partial charge in [-0.25, -0.2) is 9.97 Å². The lowest BCUT2D eigenvalue weighted by Gasteiger charge is -2.07. The zero-order chi connectivity index (χ0) is 18.1. The number of hydrogen-bond acceptors (Lipinski definition) is 6. The first kappa shape index (κ1) is 16.0. The van der Waals surface area contributed by atoms with Gasteiger partial charge < -0.3 is 9.88 Å². The third kappa shape index (κ3) is 2.93. The molecule has 1 aromatic carbocycles. The van der Waals surface area contributed by atoms with E-state index in [-0.39, 0.29) is 17.8 Å². The smallest absolute Gasteiger partial charge is 0.294 e. The summed E-state index contributed by atoms with van der Waals surface area (Å²) in [6, 6.07) is 4.33. The minimum atomic E-state index is -0.518. The summed E-state index contributed by atoms with van der Waals surface area (Å²) in [6.07, 6.45) is 8.31. The van der Waals surface area contributed by atoms with E-state index in [1.54, 1.807) is 12.3 Å². The molecule has 4 aromatic rings. The highest BCUT2D eigenvalue weighted by molar-refractivity contribution is 7.15. The van der Waals surface area contributed by atoms with Crippen LogP contribution in [0.2, 0.25) is 0 Å². The number of carbonyl (C=O) groups excluding carboxylic acids is 1. The largest absolute Gasteiger partial charge is 0.346 e. The number of thiazole rings is 1. The van der Waals surface area contributed by atoms with Gasteiger partial charge in [-0.15, -0.1) is 11.3 Å². The molecule has 0 aliphatic heterocycles. The highest BCUT2D eigenvalue weighted by Gasteiger charge is 2.19. The Bertz CT molecular complexity index is 1070. The molecule has 9 nitrogen and oxygen atoms in total. The van der Waals surface area contributed by atoms with Gasteiger partial charge in [-0.3, -0.25) is 19.3 Å². The number of carbonyl (C=O) groups is 1. The van der Waals surface area contributed by atoms with Gasteiger partial charge in [0.05, 0.1) is 23.5 Å². The SMILES string of the molecule is O=C(NCc1cn2ccsc2n1)c1ccc(-n2ccnc2)c([N+](=O)[O-])c1. The van der Waals surface area contributed by atoms with Gasteiger partial charge in [0.15, 0.2) is 4.96 Å². The van der Waals surface area contributed by atoms with Gasteiger partial charge in [-0.05, 0) is 12.1 Å². The van der Waals surface area contributed by atoms with Crippen molar-refractivity contribution in [3.8, 4) is 5.69 Å². The fourth-order valence-corrected chi connectivity index (χ4v) is 3.28. The first-order chi connectivity index (χ1) is 12.6. The minimum absolute atomic E-state index is 0.168. The Morgan fingerprint density at radius 1 is 1.35 bits per heavy atom. The van der Waals surface area contributed by atoms with Crippen molar-refractivity contribution >= 4 is 27.9 Å². The van der Waals surface area contributed by atoms with Crippen LogP contribution in [-0.2, 0) is 6.54 Å². The van der Waals surface area contributed by atoms with E-state index in [4.69, 9.17) is 0 Å². The van der Waals surface area contributed by atoms with Gasteiger partial charge in [-0.1, -0.05) is 0 Å². The number of hydrogen-bond donors (Lipinski definition) is 1. The number of fused-ring (bicyclic) bond motifs is 1. The Balaban J connectivity index is 1.54. The molecule has 0 unspecified atom stereocenters. The van der Waals surface area contributed by atoms with Crippen molar-refractivity contribution in [2.45, 2.75) is 6.54 Å². The molecule has 1 N–H and O–H groups in total. The van der Waals surface area contributed by atoms with E-state index < -0.39 is 10.8 Å². The summed E-state index contributed by atoms with van der Waals surface area (Å²) in [6.45, 7) is 0.240. The van der Waals surface area contributed by atoms with Crippen molar-refractivity contribution in [1.29, 1.82) is 0 Å². The molecule has 0 bridgehead atoms. The van der Waals surface area contributed by atoms with E-state index in [9.17, 15) is 14.9 Å². The molecule has 1 amide bonds. The average Bonchev–Trinajstić information content (AvgIpc) is 3.36. The van der Waals surface area contributed by atoms with Gasteiger partial charge in [-0.2, -0.15) is 0 Å². The summed E-state index contributed by atoms with van der Waals surface area (Å²) < 4.78 is 3.40. The molecule has 0 saturated carbocycles. The highest BCUT2D eigenvalue weighted by atomic mass is 32.1. The Labute approximate surface area is 150 Å². The van der Waals surface area contributed by atoms with Crippen LogP contribution < -0.4 is 5.32 Å². The third-order valence-corrected chi connectivity index (χ3v) is 4.56. The van der Waals surface area contributed by atoms with Crippen LogP contribution in [0.1, 0.15) is 16.1 Å². The summed E-state index contributed by atoms with van der Waals surface area (Å²) in [4.78, 5) is 32.3. The van der Waals surface area contributed by atoms with Crippen LogP contribution in [0.3, 0.4) is 0 Å². The van der Waals surface area contributed by atoms with Gasteiger partial charge >= 0.3 is 0 Å². The van der Waals surface area contributed by atoms with E-state index in [1.807, 2.05) is 22.2 Å². The predicted octanol–water partition coefficient (Wildman–Crippen LogP) is 2.42. The topological polar surface area (TPSA) is 107 Å². The van der Waals surface area contributed by atoms with E-state index in [2.05, 4.69) is 15.3 Å². The van der Waals surface area contributed by atoms with Crippen LogP contribution in [-0.4, -0.2) is 29.8 Å². The van der Waals surface area contributed by atoms with Crippen LogP contribution in [0.25, 0.3) is 10.6 Å². The van der Waals surface area contributed by atoms with E-state index in [0.29, 0.717) is 5.69 Å². The lowest BCUT2D eigenvalue weighted by Crippen LogP contribution is -2.23. The minimum Gasteiger partial charge on any atom is -0.346 e. The van der Waals surface area contributed by atoms with Gasteiger partial charge in [0.25, 0.3) is 11.6 Å². The lowest BCUT2D eigenvalue weighted by molar-refractivity contribution is -0.384. The second-order valence-electron chi connectivity index (χ2n) is 5.44. The van der Waals surface area contributed by atoms with E-state index >= 15 is 0 Å². The molecule has 0 aliphatic carbocycles. The molecule has 26 heavy (non-hydrogen) atoms. The molecule has 0 saturated heterocycles. The van der Waals surface area contributed by atoms with Gasteiger partial charge in [0.2, 0.25) is 0 Å². The van der Waals surface area contributed by atoms with Gasteiger partial charge in [0.1, 0.15) is 5.69 Å². The Morgan fingerprint density at radius 3 is 2.96 bits per heavy atom. The molecule has 0 spiro atoms. The summed E-state index contributed by atoms with van der Waals surface area (Å²) in [5.74, 6) is -0.401. The lowest BCUT2D eigenvalue weighted by atomic mass is 10.1. The molecule has 3 aromatic heterocycles. The number of benzene rings is 1. The number of rotatable bonds is 5. The number of imidazole rings is 2. The standard InChI is InChI=1S/C16H12N6O3S/c23-15(18-8-12-9-20-5-6-26-16(20)19-12)11-1-2-13(14(7-11)22(24)25)21-4-3-17-10-21/h1-7,9-10H,8H2,(H,18,23). The molecular formula is C16H12N6O3S. The number of nitro benzene ring substituents is 1. The third-order valence-electron chi connectivity index (χ3n) is 3.79. The molecule has 4 rings (SSSR count). The summed E-state index contributed by atoms with van der Waals surface area (Å²) >= 11 is 1.50. The first-order valence-electron chi connectivity index (χ1n) is 7.58. The van der Waals surface area contributed by atoms with E-state index in [1.165, 1.54) is 40.6 Å². The Hall–Kier alpha value is -3.53. The Kier molecular flexibility index (Phi) is 3.93. The Morgan fingerprint density at radius 2 is 2.23 bits per heavy atom. The second-order valence-corrected chi connectivity index (χ2v) is 6.31. The number of nitro groups is 1. The number of amides is 1. The molecule has 10 heteroatoms. The summed E-state index contributed by atoms with van der Waals surface area (Å²) in [5.41, 5.74) is 1.10. The first-order valence-corrected chi connectivity index (χ1v) is 8.46. The summed E-state index contributed by atoms with van der Waals surface area (Å²) in [5, 5.41) is 16.0. The van der Waals surface area contributed by atoms with Crippen molar-refractivity contribution in [1.82, 2.24) is 24.3 Å². The fraction of sp³-hybridized carbons (Fsp3) is 0.0625. The van der Waals surface area contributed by atoms with Crippen LogP contribution in [0.5, 0.6) is 0 Å². The summed E-state index contributed by atoms with van der Waals surface area (Å²) in [7, 11) is 0. The normalized spacial score (nSPS) is 10.9. The monoisotopic (exact) mass is 368 g/mol. The maximum atomic E-state index is 12.4. The average molecular weight is 368 g/mol. The van der Waals surface area contributed by atoms with Gasteiger partial charge in [0, 0.05) is 41.8 Å². The molecular weight excluding hydrogens is 356 g/mol. The molecule has 0 atom stereocenters. The predicted molar refractivity (Wildman–Crippen MR) is 94.5 cm³/mol. The molecule has 130 valence electrons. The zero-order valence-corrected chi connectivity index (χ0v) is 14.1. The van der Waals surface area contributed by atoms with Crippen LogP contribution in [0, 0.1) is 10.1 Å². The van der Waals surface area contributed by atoms with Crippen LogP contribution in [0.4, 0.5) is 5.69 Å². The molecule has 0 aliphatic rings. The quantitative estimate of drug-likeness (QED) is 0.430. The number of nitrogens with zero attached hydrogens (tertiary/aromatic N) is 5. The zero-order valence-electron chi connectivity index (χ0n) is 13.3. The maximum Gasteiger partial charge on any atom is 0.294 e. The second kappa shape index (κ2) is 6.41. The number of nitrogens with one attached hydrogen (secondary N) is 1. The van der Waals surface area contributed by atoms with Crippen molar-refractivity contribution in [2.24, 2.45) is 0 Å². The molecule has 3 heterocycles. The molecule has 0 radical (unpaired) electrons. The maximum absolute atomic E-state index is 12.4. The fourth-order valence-electron chi connectivity index (χ4n) is 2.57. The highest BCUT2D eigenvalue weighted by Crippen LogP contribution is 2.24. The van der Waals surface area contributed by atoms with Crippen LogP contribution in [0.15, 0.2) is 54.7 Å². The molecule has 0 fully saturated rings. The van der Waals surface area contributed by atoms with E-state index in [0.717, 1.165) is 10.7 Å².